The van der Waals surface area contributed by atoms with Gasteiger partial charge in [-0.15, -0.1) is 0 Å². The summed E-state index contributed by atoms with van der Waals surface area (Å²) in [7, 11) is -3.81. The molecule has 0 saturated carbocycles. The topological polar surface area (TPSA) is 46.2 Å². The van der Waals surface area contributed by atoms with Gasteiger partial charge in [0.15, 0.2) is 0 Å². The van der Waals surface area contributed by atoms with Crippen molar-refractivity contribution >= 4 is 62.1 Å². The van der Waals surface area contributed by atoms with E-state index in [1.807, 2.05) is 0 Å². The molecule has 2 rings (SSSR count). The lowest BCUT2D eigenvalue weighted by atomic mass is 10.3. The normalized spacial score (nSPS) is 11.4. The van der Waals surface area contributed by atoms with Gasteiger partial charge < -0.3 is 0 Å². The first-order valence-corrected chi connectivity index (χ1v) is 8.22. The summed E-state index contributed by atoms with van der Waals surface area (Å²) in [6, 6.07) is 8.45. The number of anilines is 1. The maximum atomic E-state index is 12.2. The number of benzene rings is 2. The van der Waals surface area contributed by atoms with Gasteiger partial charge in [-0.2, -0.15) is 0 Å². The Bertz CT molecular complexity index is 762. The molecule has 106 valence electrons. The van der Waals surface area contributed by atoms with Crippen LogP contribution in [0.3, 0.4) is 0 Å². The highest BCUT2D eigenvalue weighted by atomic mass is 35.5. The molecule has 20 heavy (non-hydrogen) atoms. The van der Waals surface area contributed by atoms with Crippen molar-refractivity contribution in [3.8, 4) is 0 Å². The van der Waals surface area contributed by atoms with E-state index in [0.717, 1.165) is 0 Å². The minimum absolute atomic E-state index is 0.0158. The van der Waals surface area contributed by atoms with Gasteiger partial charge in [-0.25, -0.2) is 8.42 Å². The summed E-state index contributed by atoms with van der Waals surface area (Å²) in [6.45, 7) is 0. The Labute approximate surface area is 136 Å². The standard InChI is InChI=1S/C12H7Cl4NO2S/c13-7-1-4-12(11(16)5-7)17-20(18,19)8-2-3-9(14)10(15)6-8/h1-6,17H. The summed E-state index contributed by atoms with van der Waals surface area (Å²) in [6.07, 6.45) is 0. The molecule has 0 bridgehead atoms. The molecule has 0 amide bonds. The van der Waals surface area contributed by atoms with Crippen molar-refractivity contribution in [3.63, 3.8) is 0 Å². The second-order valence-corrected chi connectivity index (χ2v) is 7.15. The Hall–Kier alpha value is -0.650. The zero-order valence-corrected chi connectivity index (χ0v) is 13.5. The Morgan fingerprint density at radius 2 is 1.50 bits per heavy atom. The van der Waals surface area contributed by atoms with Gasteiger partial charge in [-0.05, 0) is 36.4 Å². The second kappa shape index (κ2) is 6.00. The van der Waals surface area contributed by atoms with Crippen LogP contribution in [0.1, 0.15) is 0 Å². The van der Waals surface area contributed by atoms with Crippen molar-refractivity contribution in [2.75, 3.05) is 4.72 Å². The van der Waals surface area contributed by atoms with Crippen molar-refractivity contribution in [1.82, 2.24) is 0 Å². The Morgan fingerprint density at radius 3 is 2.10 bits per heavy atom. The molecular formula is C12H7Cl4NO2S. The smallest absolute Gasteiger partial charge is 0.261 e. The van der Waals surface area contributed by atoms with E-state index < -0.39 is 10.0 Å². The zero-order valence-electron chi connectivity index (χ0n) is 9.70. The van der Waals surface area contributed by atoms with E-state index in [0.29, 0.717) is 5.02 Å². The summed E-state index contributed by atoms with van der Waals surface area (Å²) >= 11 is 23.2. The molecule has 3 nitrogen and oxygen atoms in total. The summed E-state index contributed by atoms with van der Waals surface area (Å²) in [5, 5.41) is 1.03. The Balaban J connectivity index is 2.38. The maximum Gasteiger partial charge on any atom is 0.261 e. The van der Waals surface area contributed by atoms with E-state index in [1.165, 1.54) is 36.4 Å². The van der Waals surface area contributed by atoms with E-state index in [-0.39, 0.29) is 25.7 Å². The van der Waals surface area contributed by atoms with Crippen LogP contribution >= 0.6 is 46.4 Å². The molecule has 2 aromatic rings. The fourth-order valence-electron chi connectivity index (χ4n) is 1.42. The largest absolute Gasteiger partial charge is 0.278 e. The van der Waals surface area contributed by atoms with Gasteiger partial charge in [0.05, 0.1) is 25.7 Å². The minimum atomic E-state index is -3.81. The van der Waals surface area contributed by atoms with E-state index in [9.17, 15) is 8.42 Å². The van der Waals surface area contributed by atoms with Gasteiger partial charge in [0.1, 0.15) is 0 Å². The summed E-state index contributed by atoms with van der Waals surface area (Å²) in [5.74, 6) is 0. The van der Waals surface area contributed by atoms with Gasteiger partial charge in [0.2, 0.25) is 0 Å². The first-order valence-electron chi connectivity index (χ1n) is 5.22. The molecule has 0 heterocycles. The Kier molecular flexibility index (Phi) is 4.72. The molecule has 0 aromatic heterocycles. The second-order valence-electron chi connectivity index (χ2n) is 3.81. The van der Waals surface area contributed by atoms with Crippen LogP contribution in [0.25, 0.3) is 0 Å². The molecule has 0 saturated heterocycles. The lowest BCUT2D eigenvalue weighted by Crippen LogP contribution is -2.13. The number of sulfonamides is 1. The van der Waals surface area contributed by atoms with E-state index in [1.54, 1.807) is 0 Å². The molecule has 0 fully saturated rings. The summed E-state index contributed by atoms with van der Waals surface area (Å²) < 4.78 is 26.8. The molecule has 0 atom stereocenters. The zero-order chi connectivity index (χ0) is 14.9. The first kappa shape index (κ1) is 15.7. The monoisotopic (exact) mass is 369 g/mol. The lowest BCUT2D eigenvalue weighted by Gasteiger charge is -2.10. The molecular weight excluding hydrogens is 364 g/mol. The van der Waals surface area contributed by atoms with Crippen LogP contribution in [0.5, 0.6) is 0 Å². The number of hydrogen-bond acceptors (Lipinski definition) is 2. The molecule has 0 radical (unpaired) electrons. The third-order valence-corrected chi connectivity index (χ3v) is 5.03. The highest BCUT2D eigenvalue weighted by Crippen LogP contribution is 2.29. The fraction of sp³-hybridized carbons (Fsp3) is 0. The minimum Gasteiger partial charge on any atom is -0.278 e. The van der Waals surface area contributed by atoms with Crippen LogP contribution in [0.15, 0.2) is 41.3 Å². The maximum absolute atomic E-state index is 12.2. The molecule has 1 N–H and O–H groups in total. The van der Waals surface area contributed by atoms with Crippen molar-refractivity contribution in [2.24, 2.45) is 0 Å². The van der Waals surface area contributed by atoms with Crippen LogP contribution < -0.4 is 4.72 Å². The van der Waals surface area contributed by atoms with Gasteiger partial charge in [-0.3, -0.25) is 4.72 Å². The molecule has 0 aliphatic rings. The Morgan fingerprint density at radius 1 is 0.800 bits per heavy atom. The van der Waals surface area contributed by atoms with Crippen molar-refractivity contribution in [1.29, 1.82) is 0 Å². The molecule has 0 aliphatic heterocycles. The highest BCUT2D eigenvalue weighted by Gasteiger charge is 2.17. The average molecular weight is 371 g/mol. The average Bonchev–Trinajstić information content (AvgIpc) is 2.36. The number of nitrogens with one attached hydrogen (secondary N) is 1. The van der Waals surface area contributed by atoms with Crippen molar-refractivity contribution in [2.45, 2.75) is 4.90 Å². The third-order valence-electron chi connectivity index (χ3n) is 2.38. The fourth-order valence-corrected chi connectivity index (χ4v) is 3.40. The quantitative estimate of drug-likeness (QED) is 0.816. The van der Waals surface area contributed by atoms with Crippen LogP contribution in [0.2, 0.25) is 20.1 Å². The SMILES string of the molecule is O=S(=O)(Nc1ccc(Cl)cc1Cl)c1ccc(Cl)c(Cl)c1. The van der Waals surface area contributed by atoms with E-state index in [2.05, 4.69) is 4.72 Å². The predicted octanol–water partition coefficient (Wildman–Crippen LogP) is 5.10. The molecule has 2 aromatic carbocycles. The number of rotatable bonds is 3. The van der Waals surface area contributed by atoms with Gasteiger partial charge >= 0.3 is 0 Å². The van der Waals surface area contributed by atoms with Crippen LogP contribution in [0, 0.1) is 0 Å². The highest BCUT2D eigenvalue weighted by molar-refractivity contribution is 7.92. The van der Waals surface area contributed by atoms with Gasteiger partial charge in [0, 0.05) is 5.02 Å². The molecule has 0 unspecified atom stereocenters. The first-order chi connectivity index (χ1) is 9.29. The molecule has 8 heteroatoms. The number of hydrogen-bond donors (Lipinski definition) is 1. The lowest BCUT2D eigenvalue weighted by molar-refractivity contribution is 0.601. The number of halogens is 4. The van der Waals surface area contributed by atoms with E-state index >= 15 is 0 Å². The van der Waals surface area contributed by atoms with E-state index in [4.69, 9.17) is 46.4 Å². The van der Waals surface area contributed by atoms with Crippen molar-refractivity contribution in [3.05, 3.63) is 56.5 Å². The predicted molar refractivity (Wildman–Crippen MR) is 83.7 cm³/mol. The molecule has 0 aliphatic carbocycles. The van der Waals surface area contributed by atoms with Gasteiger partial charge in [-0.1, -0.05) is 46.4 Å². The van der Waals surface area contributed by atoms with Gasteiger partial charge in [0.25, 0.3) is 10.0 Å². The molecule has 0 spiro atoms. The summed E-state index contributed by atoms with van der Waals surface area (Å²) in [5.41, 5.74) is 0.224. The van der Waals surface area contributed by atoms with Crippen LogP contribution in [-0.2, 0) is 10.0 Å². The van der Waals surface area contributed by atoms with Crippen LogP contribution in [-0.4, -0.2) is 8.42 Å². The summed E-state index contributed by atoms with van der Waals surface area (Å²) in [4.78, 5) is -0.0158. The van der Waals surface area contributed by atoms with Crippen LogP contribution in [0.4, 0.5) is 5.69 Å². The third kappa shape index (κ3) is 3.51. The van der Waals surface area contributed by atoms with Crippen molar-refractivity contribution < 1.29 is 8.42 Å².